The van der Waals surface area contributed by atoms with Gasteiger partial charge in [0.1, 0.15) is 0 Å². The number of ether oxygens (including phenoxy) is 2. The Morgan fingerprint density at radius 1 is 1.00 bits per heavy atom. The van der Waals surface area contributed by atoms with Crippen LogP contribution in [-0.4, -0.2) is 14.2 Å². The third-order valence-electron chi connectivity index (χ3n) is 3.50. The molecule has 5 heteroatoms. The Kier molecular flexibility index (Phi) is 5.51. The topological polar surface area (TPSA) is 30.5 Å². The van der Waals surface area contributed by atoms with Gasteiger partial charge in [0.15, 0.2) is 11.5 Å². The molecule has 0 radical (unpaired) electrons. The zero-order valence-electron chi connectivity index (χ0n) is 12.6. The molecule has 1 aromatic carbocycles. The van der Waals surface area contributed by atoms with Crippen LogP contribution in [0.2, 0.25) is 4.34 Å². The van der Waals surface area contributed by atoms with Crippen molar-refractivity contribution >= 4 is 22.9 Å². The molecule has 0 aliphatic rings. The summed E-state index contributed by atoms with van der Waals surface area (Å²) in [6.45, 7) is 4.27. The van der Waals surface area contributed by atoms with E-state index in [0.717, 1.165) is 21.4 Å². The Morgan fingerprint density at radius 3 is 2.24 bits per heavy atom. The number of thiophene rings is 1. The van der Waals surface area contributed by atoms with Crippen molar-refractivity contribution in [3.05, 3.63) is 45.1 Å². The fourth-order valence-corrected chi connectivity index (χ4v) is 3.22. The lowest BCUT2D eigenvalue weighted by Gasteiger charge is -2.21. The summed E-state index contributed by atoms with van der Waals surface area (Å²) in [5, 5.41) is 5.65. The highest BCUT2D eigenvalue weighted by atomic mass is 35.5. The SMILES string of the molecule is COc1ccc(C(C)NC(C)c2csc(Cl)c2)cc1OC. The van der Waals surface area contributed by atoms with E-state index in [9.17, 15) is 0 Å². The molecular formula is C16H20ClNO2S. The molecule has 2 aromatic rings. The first-order valence-corrected chi connectivity index (χ1v) is 8.02. The fourth-order valence-electron chi connectivity index (χ4n) is 2.24. The molecule has 0 saturated heterocycles. The van der Waals surface area contributed by atoms with Gasteiger partial charge in [-0.3, -0.25) is 0 Å². The molecular weight excluding hydrogens is 306 g/mol. The first-order valence-electron chi connectivity index (χ1n) is 6.77. The minimum absolute atomic E-state index is 0.193. The molecule has 3 nitrogen and oxygen atoms in total. The van der Waals surface area contributed by atoms with Crippen LogP contribution >= 0.6 is 22.9 Å². The number of rotatable bonds is 6. The number of benzene rings is 1. The van der Waals surface area contributed by atoms with Crippen LogP contribution in [0.4, 0.5) is 0 Å². The van der Waals surface area contributed by atoms with E-state index in [0.29, 0.717) is 0 Å². The van der Waals surface area contributed by atoms with Gasteiger partial charge < -0.3 is 14.8 Å². The van der Waals surface area contributed by atoms with Gasteiger partial charge in [-0.2, -0.15) is 0 Å². The van der Waals surface area contributed by atoms with Crippen LogP contribution in [0.25, 0.3) is 0 Å². The van der Waals surface area contributed by atoms with Crippen molar-refractivity contribution in [2.45, 2.75) is 25.9 Å². The number of hydrogen-bond acceptors (Lipinski definition) is 4. The number of nitrogens with one attached hydrogen (secondary N) is 1. The van der Waals surface area contributed by atoms with Gasteiger partial charge in [0, 0.05) is 12.1 Å². The molecule has 2 unspecified atom stereocenters. The van der Waals surface area contributed by atoms with Crippen LogP contribution in [0.15, 0.2) is 29.6 Å². The minimum Gasteiger partial charge on any atom is -0.493 e. The first kappa shape index (κ1) is 16.1. The Bertz CT molecular complexity index is 600. The number of methoxy groups -OCH3 is 2. The van der Waals surface area contributed by atoms with Crippen molar-refractivity contribution in [2.24, 2.45) is 0 Å². The summed E-state index contributed by atoms with van der Waals surface area (Å²) in [5.41, 5.74) is 2.36. The average molecular weight is 326 g/mol. The van der Waals surface area contributed by atoms with E-state index in [-0.39, 0.29) is 12.1 Å². The van der Waals surface area contributed by atoms with Crippen LogP contribution < -0.4 is 14.8 Å². The average Bonchev–Trinajstić information content (AvgIpc) is 2.93. The highest BCUT2D eigenvalue weighted by Crippen LogP contribution is 2.31. The summed E-state index contributed by atoms with van der Waals surface area (Å²) in [6.07, 6.45) is 0. The van der Waals surface area contributed by atoms with Crippen molar-refractivity contribution in [1.82, 2.24) is 5.32 Å². The van der Waals surface area contributed by atoms with E-state index >= 15 is 0 Å². The minimum atomic E-state index is 0.193. The van der Waals surface area contributed by atoms with Crippen molar-refractivity contribution in [1.29, 1.82) is 0 Å². The van der Waals surface area contributed by atoms with Gasteiger partial charge in [-0.15, -0.1) is 11.3 Å². The molecule has 1 N–H and O–H groups in total. The van der Waals surface area contributed by atoms with Gasteiger partial charge in [0.05, 0.1) is 18.6 Å². The quantitative estimate of drug-likeness (QED) is 0.825. The van der Waals surface area contributed by atoms with E-state index < -0.39 is 0 Å². The van der Waals surface area contributed by atoms with E-state index in [1.165, 1.54) is 5.56 Å². The summed E-state index contributed by atoms with van der Waals surface area (Å²) in [5.74, 6) is 1.49. The monoisotopic (exact) mass is 325 g/mol. The molecule has 0 spiro atoms. The molecule has 114 valence electrons. The molecule has 1 heterocycles. The maximum atomic E-state index is 5.99. The Hall–Kier alpha value is -1.23. The molecule has 21 heavy (non-hydrogen) atoms. The van der Waals surface area contributed by atoms with Gasteiger partial charge >= 0.3 is 0 Å². The van der Waals surface area contributed by atoms with Crippen LogP contribution in [-0.2, 0) is 0 Å². The summed E-state index contributed by atoms with van der Waals surface area (Å²) in [6, 6.07) is 8.41. The van der Waals surface area contributed by atoms with E-state index in [1.807, 2.05) is 24.3 Å². The normalized spacial score (nSPS) is 13.8. The maximum absolute atomic E-state index is 5.99. The zero-order chi connectivity index (χ0) is 15.4. The van der Waals surface area contributed by atoms with Gasteiger partial charge in [-0.05, 0) is 48.6 Å². The second kappa shape index (κ2) is 7.16. The van der Waals surface area contributed by atoms with Crippen LogP contribution in [0.3, 0.4) is 0 Å². The lowest BCUT2D eigenvalue weighted by atomic mass is 10.1. The summed E-state index contributed by atoms with van der Waals surface area (Å²) < 4.78 is 11.4. The molecule has 0 aliphatic heterocycles. The van der Waals surface area contributed by atoms with Gasteiger partial charge in [0.2, 0.25) is 0 Å². The molecule has 0 amide bonds. The van der Waals surface area contributed by atoms with E-state index in [1.54, 1.807) is 25.6 Å². The molecule has 0 fully saturated rings. The van der Waals surface area contributed by atoms with Crippen LogP contribution in [0.1, 0.15) is 37.1 Å². The molecule has 0 bridgehead atoms. The largest absolute Gasteiger partial charge is 0.493 e. The molecule has 2 atom stereocenters. The van der Waals surface area contributed by atoms with Gasteiger partial charge in [-0.25, -0.2) is 0 Å². The second-order valence-electron chi connectivity index (χ2n) is 4.91. The van der Waals surface area contributed by atoms with Gasteiger partial charge in [-0.1, -0.05) is 17.7 Å². The highest BCUT2D eigenvalue weighted by molar-refractivity contribution is 7.14. The standard InChI is InChI=1S/C16H20ClNO2S/c1-10(18-11(2)13-8-16(17)21-9-13)12-5-6-14(19-3)15(7-12)20-4/h5-11,18H,1-4H3. The van der Waals surface area contributed by atoms with Crippen molar-refractivity contribution in [2.75, 3.05) is 14.2 Å². The summed E-state index contributed by atoms with van der Waals surface area (Å²) in [7, 11) is 3.29. The van der Waals surface area contributed by atoms with Crippen molar-refractivity contribution < 1.29 is 9.47 Å². The Balaban J connectivity index is 2.11. The Morgan fingerprint density at radius 2 is 1.67 bits per heavy atom. The van der Waals surface area contributed by atoms with Crippen LogP contribution in [0, 0.1) is 0 Å². The van der Waals surface area contributed by atoms with E-state index in [2.05, 4.69) is 24.5 Å². The predicted molar refractivity (Wildman–Crippen MR) is 88.8 cm³/mol. The number of halogens is 1. The lowest BCUT2D eigenvalue weighted by Crippen LogP contribution is -2.22. The molecule has 0 saturated carbocycles. The highest BCUT2D eigenvalue weighted by Gasteiger charge is 2.14. The fraction of sp³-hybridized carbons (Fsp3) is 0.375. The summed E-state index contributed by atoms with van der Waals surface area (Å²) >= 11 is 7.55. The third-order valence-corrected chi connectivity index (χ3v) is 4.60. The maximum Gasteiger partial charge on any atom is 0.161 e. The van der Waals surface area contributed by atoms with E-state index in [4.69, 9.17) is 21.1 Å². The van der Waals surface area contributed by atoms with Crippen molar-refractivity contribution in [3.63, 3.8) is 0 Å². The lowest BCUT2D eigenvalue weighted by molar-refractivity contribution is 0.353. The predicted octanol–water partition coefficient (Wildman–Crippen LogP) is 4.83. The number of hydrogen-bond donors (Lipinski definition) is 1. The summed E-state index contributed by atoms with van der Waals surface area (Å²) in [4.78, 5) is 0. The molecule has 2 rings (SSSR count). The zero-order valence-corrected chi connectivity index (χ0v) is 14.2. The third kappa shape index (κ3) is 3.90. The second-order valence-corrected chi connectivity index (χ2v) is 6.45. The Labute approximate surface area is 134 Å². The molecule has 0 aliphatic carbocycles. The van der Waals surface area contributed by atoms with Crippen molar-refractivity contribution in [3.8, 4) is 11.5 Å². The van der Waals surface area contributed by atoms with Gasteiger partial charge in [0.25, 0.3) is 0 Å². The van der Waals surface area contributed by atoms with Crippen LogP contribution in [0.5, 0.6) is 11.5 Å². The first-order chi connectivity index (χ1) is 10.0. The molecule has 1 aromatic heterocycles. The smallest absolute Gasteiger partial charge is 0.161 e.